The van der Waals surface area contributed by atoms with Crippen molar-refractivity contribution in [1.82, 2.24) is 13.3 Å². The third-order valence-corrected chi connectivity index (χ3v) is 2.93. The average Bonchev–Trinajstić information content (AvgIpc) is 2.09. The van der Waals surface area contributed by atoms with Gasteiger partial charge in [-0.25, -0.2) is 3.11 Å². The quantitative estimate of drug-likeness (QED) is 0.558. The first kappa shape index (κ1) is 10.2. The molecular weight excluding hydrogens is 269 g/mol. The maximum Gasteiger partial charge on any atom is 0.233 e. The topological polar surface area (TPSA) is 35.6 Å². The Morgan fingerprint density at radius 2 is 2.00 bits per heavy atom. The van der Waals surface area contributed by atoms with Gasteiger partial charge in [-0.15, -0.1) is 0 Å². The second-order valence-electron chi connectivity index (χ2n) is 2.86. The summed E-state index contributed by atoms with van der Waals surface area (Å²) in [6.07, 6.45) is 0. The molecule has 0 spiro atoms. The molecule has 0 aliphatic carbocycles. The lowest BCUT2D eigenvalue weighted by Crippen LogP contribution is -2.46. The zero-order chi connectivity index (χ0) is 8.97. The highest BCUT2D eigenvalue weighted by atomic mass is 127. The lowest BCUT2D eigenvalue weighted by molar-refractivity contribution is -0.122. The lowest BCUT2D eigenvalue weighted by atomic mass is 10.3. The number of hydrogen-bond donors (Lipinski definition) is 1. The fourth-order valence-electron chi connectivity index (χ4n) is 1.16. The molecule has 0 saturated carbocycles. The predicted molar refractivity (Wildman–Crippen MR) is 56.1 cm³/mol. The number of nitrogens with zero attached hydrogens (tertiary/aromatic N) is 2. The molecule has 5 heteroatoms. The van der Waals surface area contributed by atoms with E-state index in [0.29, 0.717) is 6.54 Å². The van der Waals surface area contributed by atoms with E-state index in [4.69, 9.17) is 0 Å². The van der Waals surface area contributed by atoms with E-state index in [1.165, 1.54) is 0 Å². The van der Waals surface area contributed by atoms with Gasteiger partial charge < -0.3 is 5.32 Å². The van der Waals surface area contributed by atoms with Gasteiger partial charge in [-0.2, -0.15) is 0 Å². The van der Waals surface area contributed by atoms with Gasteiger partial charge in [0.15, 0.2) is 0 Å². The first-order valence-corrected chi connectivity index (χ1v) is 5.02. The largest absolute Gasteiger partial charge is 0.358 e. The summed E-state index contributed by atoms with van der Waals surface area (Å²) in [6, 6.07) is 0. The van der Waals surface area contributed by atoms with Gasteiger partial charge in [-0.05, 0) is 0 Å². The van der Waals surface area contributed by atoms with E-state index >= 15 is 0 Å². The van der Waals surface area contributed by atoms with E-state index in [-0.39, 0.29) is 5.91 Å². The Labute approximate surface area is 86.8 Å². The molecule has 1 aliphatic heterocycles. The molecule has 0 aromatic carbocycles. The molecule has 0 bridgehead atoms. The van der Waals surface area contributed by atoms with Crippen molar-refractivity contribution < 1.29 is 4.79 Å². The van der Waals surface area contributed by atoms with E-state index in [1.807, 2.05) is 0 Å². The standard InChI is InChI=1S/C7H14IN3O/c1-9-7(12)6-10-2-4-11(8)5-3-10/h2-6H2,1H3,(H,9,12). The van der Waals surface area contributed by atoms with Gasteiger partial charge in [0.25, 0.3) is 0 Å². The molecular formula is C7H14IN3O. The molecule has 0 radical (unpaired) electrons. The molecule has 1 heterocycles. The average molecular weight is 283 g/mol. The summed E-state index contributed by atoms with van der Waals surface area (Å²) in [5.41, 5.74) is 0. The molecule has 0 aromatic heterocycles. The molecule has 1 amide bonds. The molecule has 70 valence electrons. The summed E-state index contributed by atoms with van der Waals surface area (Å²) in [4.78, 5) is 13.2. The molecule has 0 atom stereocenters. The van der Waals surface area contributed by atoms with Crippen LogP contribution >= 0.6 is 22.9 Å². The van der Waals surface area contributed by atoms with Crippen LogP contribution in [0.4, 0.5) is 0 Å². The van der Waals surface area contributed by atoms with Crippen molar-refractivity contribution in [2.45, 2.75) is 0 Å². The normalized spacial score (nSPS) is 20.8. The highest BCUT2D eigenvalue weighted by Crippen LogP contribution is 2.05. The van der Waals surface area contributed by atoms with Crippen molar-refractivity contribution in [2.75, 3.05) is 39.8 Å². The lowest BCUT2D eigenvalue weighted by Gasteiger charge is -2.30. The van der Waals surface area contributed by atoms with E-state index in [2.05, 4.69) is 36.2 Å². The minimum absolute atomic E-state index is 0.108. The van der Waals surface area contributed by atoms with E-state index in [1.54, 1.807) is 7.05 Å². The minimum Gasteiger partial charge on any atom is -0.358 e. The van der Waals surface area contributed by atoms with Crippen LogP contribution in [0.15, 0.2) is 0 Å². The SMILES string of the molecule is CNC(=O)CN1CCN(I)CC1. The minimum atomic E-state index is 0.108. The van der Waals surface area contributed by atoms with Gasteiger partial charge in [0.2, 0.25) is 5.91 Å². The van der Waals surface area contributed by atoms with Crippen molar-refractivity contribution in [3.8, 4) is 0 Å². The number of carbonyl (C=O) groups is 1. The zero-order valence-electron chi connectivity index (χ0n) is 7.22. The third-order valence-electron chi connectivity index (χ3n) is 1.96. The van der Waals surface area contributed by atoms with Crippen LogP contribution < -0.4 is 5.32 Å². The van der Waals surface area contributed by atoms with Crippen LogP contribution in [-0.2, 0) is 4.79 Å². The molecule has 1 rings (SSSR count). The Morgan fingerprint density at radius 1 is 1.42 bits per heavy atom. The molecule has 1 saturated heterocycles. The Hall–Kier alpha value is 0.120. The van der Waals surface area contributed by atoms with Crippen LogP contribution in [-0.4, -0.2) is 53.7 Å². The van der Waals surface area contributed by atoms with Crippen LogP contribution in [0.1, 0.15) is 0 Å². The number of hydrogen-bond acceptors (Lipinski definition) is 3. The molecule has 0 unspecified atom stereocenters. The Bertz CT molecular complexity index is 157. The van der Waals surface area contributed by atoms with Crippen LogP contribution in [0.5, 0.6) is 0 Å². The molecule has 1 N–H and O–H groups in total. The van der Waals surface area contributed by atoms with Crippen LogP contribution in [0.25, 0.3) is 0 Å². The van der Waals surface area contributed by atoms with E-state index in [0.717, 1.165) is 26.2 Å². The van der Waals surface area contributed by atoms with Crippen molar-refractivity contribution in [3.63, 3.8) is 0 Å². The number of nitrogens with one attached hydrogen (secondary N) is 1. The highest BCUT2D eigenvalue weighted by Gasteiger charge is 2.16. The first-order valence-electron chi connectivity index (χ1n) is 4.06. The number of piperazine rings is 1. The van der Waals surface area contributed by atoms with Gasteiger partial charge >= 0.3 is 0 Å². The maximum absolute atomic E-state index is 11.0. The fourth-order valence-corrected chi connectivity index (χ4v) is 1.60. The summed E-state index contributed by atoms with van der Waals surface area (Å²) in [7, 11) is 1.68. The second-order valence-corrected chi connectivity index (χ2v) is 4.22. The third kappa shape index (κ3) is 3.24. The number of likely N-dealkylation sites (N-methyl/N-ethyl adjacent to an activating group) is 1. The summed E-state index contributed by atoms with van der Waals surface area (Å²) >= 11 is 2.32. The monoisotopic (exact) mass is 283 g/mol. The second kappa shape index (κ2) is 4.98. The van der Waals surface area contributed by atoms with Crippen molar-refractivity contribution in [1.29, 1.82) is 0 Å². The Morgan fingerprint density at radius 3 is 2.50 bits per heavy atom. The Kier molecular flexibility index (Phi) is 4.24. The molecule has 12 heavy (non-hydrogen) atoms. The van der Waals surface area contributed by atoms with Crippen molar-refractivity contribution >= 4 is 28.8 Å². The van der Waals surface area contributed by atoms with E-state index < -0.39 is 0 Å². The summed E-state index contributed by atoms with van der Waals surface area (Å²) in [6.45, 7) is 4.64. The number of amides is 1. The number of rotatable bonds is 2. The first-order chi connectivity index (χ1) is 5.72. The summed E-state index contributed by atoms with van der Waals surface area (Å²) in [5.74, 6) is 0.108. The highest BCUT2D eigenvalue weighted by molar-refractivity contribution is 14.1. The summed E-state index contributed by atoms with van der Waals surface area (Å²) < 4.78 is 2.25. The predicted octanol–water partition coefficient (Wildman–Crippen LogP) is -0.300. The molecule has 1 aliphatic rings. The smallest absolute Gasteiger partial charge is 0.233 e. The molecule has 1 fully saturated rings. The fraction of sp³-hybridized carbons (Fsp3) is 0.857. The number of carbonyl (C=O) groups excluding carboxylic acids is 1. The van der Waals surface area contributed by atoms with Gasteiger partial charge in [0.1, 0.15) is 0 Å². The van der Waals surface area contributed by atoms with Gasteiger partial charge in [-0.1, -0.05) is 0 Å². The van der Waals surface area contributed by atoms with Crippen LogP contribution in [0.2, 0.25) is 0 Å². The van der Waals surface area contributed by atoms with E-state index in [9.17, 15) is 4.79 Å². The zero-order valence-corrected chi connectivity index (χ0v) is 9.37. The number of halogens is 1. The van der Waals surface area contributed by atoms with Crippen molar-refractivity contribution in [2.24, 2.45) is 0 Å². The summed E-state index contributed by atoms with van der Waals surface area (Å²) in [5, 5.41) is 2.63. The Balaban J connectivity index is 2.21. The van der Waals surface area contributed by atoms with Gasteiger partial charge in [-0.3, -0.25) is 9.69 Å². The molecule has 4 nitrogen and oxygen atoms in total. The maximum atomic E-state index is 11.0. The van der Waals surface area contributed by atoms with Crippen LogP contribution in [0.3, 0.4) is 0 Å². The van der Waals surface area contributed by atoms with Gasteiger partial charge in [0, 0.05) is 56.1 Å². The van der Waals surface area contributed by atoms with Gasteiger partial charge in [0.05, 0.1) is 6.54 Å². The van der Waals surface area contributed by atoms with Crippen molar-refractivity contribution in [3.05, 3.63) is 0 Å². The molecule has 0 aromatic rings. The van der Waals surface area contributed by atoms with Crippen LogP contribution in [0, 0.1) is 0 Å².